The average molecular weight is 502 g/mol. The van der Waals surface area contributed by atoms with Crippen LogP contribution in [0.25, 0.3) is 0 Å². The van der Waals surface area contributed by atoms with Crippen molar-refractivity contribution in [1.29, 1.82) is 0 Å². The molecule has 37 heavy (non-hydrogen) atoms. The van der Waals surface area contributed by atoms with Crippen LogP contribution in [0.15, 0.2) is 84.9 Å². The summed E-state index contributed by atoms with van der Waals surface area (Å²) < 4.78 is 30.8. The van der Waals surface area contributed by atoms with Gasteiger partial charge >= 0.3 is 0 Å². The van der Waals surface area contributed by atoms with Gasteiger partial charge in [0.1, 0.15) is 24.4 Å². The number of carbonyl (C=O) groups is 2. The molecule has 2 fully saturated rings. The Kier molecular flexibility index (Phi) is 6.58. The molecule has 6 rings (SSSR count). The first-order valence-electron chi connectivity index (χ1n) is 12.3. The zero-order valence-corrected chi connectivity index (χ0v) is 20.3. The SMILES string of the molecule is CO[C@@H]1O[C@@H]2COC(c3ccccc3)O[C@H]2[C@H](OCc2ccccc2)[C@H]1N1C(=O)c2ccccc2C1=O. The third kappa shape index (κ3) is 4.37. The summed E-state index contributed by atoms with van der Waals surface area (Å²) >= 11 is 0. The molecule has 6 atom stereocenters. The summed E-state index contributed by atoms with van der Waals surface area (Å²) in [7, 11) is 1.49. The number of hydrogen-bond donors (Lipinski definition) is 0. The molecule has 190 valence electrons. The highest BCUT2D eigenvalue weighted by atomic mass is 16.7. The Morgan fingerprint density at radius 3 is 2.11 bits per heavy atom. The van der Waals surface area contributed by atoms with Crippen LogP contribution < -0.4 is 0 Å². The van der Waals surface area contributed by atoms with E-state index in [-0.39, 0.29) is 13.2 Å². The summed E-state index contributed by atoms with van der Waals surface area (Å²) in [6.45, 7) is 0.495. The molecule has 0 aliphatic carbocycles. The minimum absolute atomic E-state index is 0.240. The number of carbonyl (C=O) groups excluding carboxylic acids is 2. The van der Waals surface area contributed by atoms with Gasteiger partial charge in [0.25, 0.3) is 11.8 Å². The summed E-state index contributed by atoms with van der Waals surface area (Å²) in [5, 5.41) is 0. The van der Waals surface area contributed by atoms with Gasteiger partial charge in [0.05, 0.1) is 24.3 Å². The molecule has 8 heteroatoms. The van der Waals surface area contributed by atoms with Crippen LogP contribution in [-0.4, -0.2) is 61.1 Å². The predicted octanol–water partition coefficient (Wildman–Crippen LogP) is 3.72. The Hall–Kier alpha value is -3.40. The average Bonchev–Trinajstić information content (AvgIpc) is 3.21. The molecule has 2 amide bonds. The maximum absolute atomic E-state index is 13.5. The number of hydrogen-bond acceptors (Lipinski definition) is 7. The summed E-state index contributed by atoms with van der Waals surface area (Å²) in [6, 6.07) is 25.2. The van der Waals surface area contributed by atoms with Crippen molar-refractivity contribution >= 4 is 11.8 Å². The fraction of sp³-hybridized carbons (Fsp3) is 0.310. The van der Waals surface area contributed by atoms with E-state index in [0.29, 0.717) is 11.1 Å². The Balaban J connectivity index is 1.37. The molecular weight excluding hydrogens is 474 g/mol. The minimum Gasteiger partial charge on any atom is -0.368 e. The highest BCUT2D eigenvalue weighted by Gasteiger charge is 2.56. The van der Waals surface area contributed by atoms with Crippen molar-refractivity contribution < 1.29 is 33.3 Å². The maximum atomic E-state index is 13.5. The highest BCUT2D eigenvalue weighted by molar-refractivity contribution is 6.21. The van der Waals surface area contributed by atoms with E-state index in [0.717, 1.165) is 11.1 Å². The van der Waals surface area contributed by atoms with Gasteiger partial charge in [-0.2, -0.15) is 0 Å². The molecule has 0 N–H and O–H groups in total. The van der Waals surface area contributed by atoms with Crippen LogP contribution in [0.4, 0.5) is 0 Å². The molecule has 3 aliphatic heterocycles. The molecule has 0 bridgehead atoms. The minimum atomic E-state index is -0.926. The van der Waals surface area contributed by atoms with Crippen LogP contribution in [0.3, 0.4) is 0 Å². The second-order valence-corrected chi connectivity index (χ2v) is 9.23. The lowest BCUT2D eigenvalue weighted by Crippen LogP contribution is -2.68. The Morgan fingerprint density at radius 1 is 0.838 bits per heavy atom. The van der Waals surface area contributed by atoms with Crippen molar-refractivity contribution in [2.24, 2.45) is 0 Å². The number of rotatable bonds is 6. The summed E-state index contributed by atoms with van der Waals surface area (Å²) in [5.41, 5.74) is 2.50. The van der Waals surface area contributed by atoms with Crippen LogP contribution in [0.5, 0.6) is 0 Å². The zero-order valence-electron chi connectivity index (χ0n) is 20.3. The molecular formula is C29H27NO7. The van der Waals surface area contributed by atoms with Crippen LogP contribution in [0.2, 0.25) is 0 Å². The molecule has 2 saturated heterocycles. The smallest absolute Gasteiger partial charge is 0.262 e. The second kappa shape index (κ2) is 10.2. The van der Waals surface area contributed by atoms with Gasteiger partial charge in [0, 0.05) is 12.7 Å². The number of imide groups is 1. The Morgan fingerprint density at radius 2 is 1.46 bits per heavy atom. The summed E-state index contributed by atoms with van der Waals surface area (Å²) in [5.74, 6) is -0.815. The first kappa shape index (κ1) is 24.0. The maximum Gasteiger partial charge on any atom is 0.262 e. The number of amides is 2. The van der Waals surface area contributed by atoms with E-state index in [2.05, 4.69) is 0 Å². The predicted molar refractivity (Wildman–Crippen MR) is 131 cm³/mol. The van der Waals surface area contributed by atoms with Crippen molar-refractivity contribution in [1.82, 2.24) is 4.90 Å². The van der Waals surface area contributed by atoms with E-state index in [9.17, 15) is 9.59 Å². The third-order valence-corrected chi connectivity index (χ3v) is 7.02. The van der Waals surface area contributed by atoms with Gasteiger partial charge in [-0.3, -0.25) is 14.5 Å². The molecule has 0 saturated carbocycles. The first-order chi connectivity index (χ1) is 18.2. The molecule has 0 radical (unpaired) electrons. The summed E-state index contributed by atoms with van der Waals surface area (Å²) in [6.07, 6.45) is -3.44. The van der Waals surface area contributed by atoms with Gasteiger partial charge in [0.2, 0.25) is 0 Å². The number of ether oxygens (including phenoxy) is 5. The molecule has 0 spiro atoms. The number of benzene rings is 3. The molecule has 0 aromatic heterocycles. The monoisotopic (exact) mass is 501 g/mol. The van der Waals surface area contributed by atoms with Crippen LogP contribution >= 0.6 is 0 Å². The lowest BCUT2D eigenvalue weighted by Gasteiger charge is -2.50. The molecule has 8 nitrogen and oxygen atoms in total. The van der Waals surface area contributed by atoms with Gasteiger partial charge in [-0.25, -0.2) is 0 Å². The van der Waals surface area contributed by atoms with E-state index >= 15 is 0 Å². The normalized spacial score (nSPS) is 29.2. The van der Waals surface area contributed by atoms with E-state index < -0.39 is 48.7 Å². The van der Waals surface area contributed by atoms with Gasteiger partial charge in [-0.05, 0) is 17.7 Å². The van der Waals surface area contributed by atoms with Crippen molar-refractivity contribution in [2.75, 3.05) is 13.7 Å². The van der Waals surface area contributed by atoms with Gasteiger partial charge < -0.3 is 23.7 Å². The molecule has 1 unspecified atom stereocenters. The number of fused-ring (bicyclic) bond motifs is 2. The van der Waals surface area contributed by atoms with Crippen LogP contribution in [0, 0.1) is 0 Å². The van der Waals surface area contributed by atoms with E-state index in [4.69, 9.17) is 23.7 Å². The summed E-state index contributed by atoms with van der Waals surface area (Å²) in [4.78, 5) is 28.2. The molecule has 3 aromatic rings. The van der Waals surface area contributed by atoms with Crippen molar-refractivity contribution in [3.8, 4) is 0 Å². The largest absolute Gasteiger partial charge is 0.368 e. The second-order valence-electron chi connectivity index (χ2n) is 9.23. The fourth-order valence-corrected chi connectivity index (χ4v) is 5.24. The van der Waals surface area contributed by atoms with Gasteiger partial charge in [-0.15, -0.1) is 0 Å². The molecule has 3 heterocycles. The van der Waals surface area contributed by atoms with E-state index in [1.807, 2.05) is 60.7 Å². The van der Waals surface area contributed by atoms with Crippen LogP contribution in [-0.2, 0) is 30.3 Å². The number of nitrogens with zero attached hydrogens (tertiary/aromatic N) is 1. The Labute approximate surface area is 214 Å². The van der Waals surface area contributed by atoms with Crippen molar-refractivity contribution in [3.05, 3.63) is 107 Å². The van der Waals surface area contributed by atoms with E-state index in [1.165, 1.54) is 12.0 Å². The lowest BCUT2D eigenvalue weighted by atomic mass is 9.94. The zero-order chi connectivity index (χ0) is 25.4. The van der Waals surface area contributed by atoms with Crippen molar-refractivity contribution in [3.63, 3.8) is 0 Å². The fourth-order valence-electron chi connectivity index (χ4n) is 5.24. The quantitative estimate of drug-likeness (QED) is 0.476. The first-order valence-corrected chi connectivity index (χ1v) is 12.3. The van der Waals surface area contributed by atoms with Gasteiger partial charge in [0.15, 0.2) is 12.6 Å². The lowest BCUT2D eigenvalue weighted by molar-refractivity contribution is -0.351. The van der Waals surface area contributed by atoms with Gasteiger partial charge in [-0.1, -0.05) is 72.8 Å². The number of methoxy groups -OCH3 is 1. The molecule has 3 aliphatic rings. The Bertz CT molecular complexity index is 1230. The topological polar surface area (TPSA) is 83.5 Å². The highest BCUT2D eigenvalue weighted by Crippen LogP contribution is 2.39. The third-order valence-electron chi connectivity index (χ3n) is 7.02. The van der Waals surface area contributed by atoms with E-state index in [1.54, 1.807) is 24.3 Å². The van der Waals surface area contributed by atoms with Crippen molar-refractivity contribution in [2.45, 2.75) is 43.5 Å². The standard InChI is InChI=1S/C29H27NO7/c1-33-29-23(30-26(31)20-14-8-9-15-21(20)27(30)32)25(34-16-18-10-4-2-5-11-18)24-22(36-29)17-35-28(37-24)19-12-6-3-7-13-19/h2-15,22-25,28-29H,16-17H2,1H3/t22-,23-,24-,25-,28?,29-/m1/s1. The van der Waals surface area contributed by atoms with Crippen LogP contribution in [0.1, 0.15) is 38.1 Å². The molecule has 3 aromatic carbocycles.